The molecule has 0 unspecified atom stereocenters. The molecule has 10 heavy (non-hydrogen) atoms. The summed E-state index contributed by atoms with van der Waals surface area (Å²) in [6.45, 7) is 2.12. The van der Waals surface area contributed by atoms with E-state index >= 15 is 0 Å². The van der Waals surface area contributed by atoms with E-state index in [9.17, 15) is 9.59 Å². The molecule has 0 atom stereocenters. The fourth-order valence-electron chi connectivity index (χ4n) is 1.03. The molecule has 0 aliphatic carbocycles. The summed E-state index contributed by atoms with van der Waals surface area (Å²) in [5, 5.41) is 0. The molecule has 1 heterocycles. The minimum absolute atomic E-state index is 0.0594. The van der Waals surface area contributed by atoms with Crippen LogP contribution in [0.5, 0.6) is 0 Å². The molecule has 0 bridgehead atoms. The van der Waals surface area contributed by atoms with Crippen LogP contribution in [0.2, 0.25) is 0 Å². The first-order valence-corrected chi connectivity index (χ1v) is 3.19. The van der Waals surface area contributed by atoms with Crippen molar-refractivity contribution < 1.29 is 9.59 Å². The van der Waals surface area contributed by atoms with Crippen LogP contribution in [0, 0.1) is 0 Å². The maximum absolute atomic E-state index is 10.7. The second kappa shape index (κ2) is 2.64. The lowest BCUT2D eigenvalue weighted by Gasteiger charge is -2.12. The van der Waals surface area contributed by atoms with Gasteiger partial charge in [0.1, 0.15) is 0 Å². The summed E-state index contributed by atoms with van der Waals surface area (Å²) >= 11 is 0. The Kier molecular flexibility index (Phi) is 1.85. The summed E-state index contributed by atoms with van der Waals surface area (Å²) in [7, 11) is 0. The van der Waals surface area contributed by atoms with Crippen LogP contribution in [-0.4, -0.2) is 23.6 Å². The number of rotatable bonds is 1. The molecule has 54 valence electrons. The van der Waals surface area contributed by atoms with E-state index in [1.165, 1.54) is 11.8 Å². The summed E-state index contributed by atoms with van der Waals surface area (Å²) in [6, 6.07) is 0. The van der Waals surface area contributed by atoms with E-state index in [2.05, 4.69) is 0 Å². The van der Waals surface area contributed by atoms with Crippen LogP contribution in [0.3, 0.4) is 0 Å². The van der Waals surface area contributed by atoms with E-state index in [1.54, 1.807) is 6.08 Å². The maximum Gasteiger partial charge on any atom is 0.223 e. The number of allylic oxidation sites excluding steroid dienone is 1. The second-order valence-corrected chi connectivity index (χ2v) is 2.21. The molecule has 0 spiro atoms. The van der Waals surface area contributed by atoms with E-state index in [0.717, 1.165) is 6.42 Å². The van der Waals surface area contributed by atoms with Crippen LogP contribution in [-0.2, 0) is 9.59 Å². The van der Waals surface area contributed by atoms with Gasteiger partial charge in [0.2, 0.25) is 5.91 Å². The van der Waals surface area contributed by atoms with Gasteiger partial charge in [0.25, 0.3) is 0 Å². The predicted octanol–water partition coefficient (Wildman–Crippen LogP) is 0.321. The Bertz CT molecular complexity index is 196. The molecule has 0 aromatic carbocycles. The average Bonchev–Trinajstić information content (AvgIpc) is 2.33. The molecule has 1 amide bonds. The van der Waals surface area contributed by atoms with Crippen molar-refractivity contribution in [1.82, 2.24) is 4.90 Å². The SMILES string of the molecule is CC(=O)N1CCC=C1C=O. The number of amides is 1. The van der Waals surface area contributed by atoms with Gasteiger partial charge in [0, 0.05) is 13.5 Å². The Morgan fingerprint density at radius 3 is 2.90 bits per heavy atom. The summed E-state index contributed by atoms with van der Waals surface area (Å²) in [6.07, 6.45) is 3.29. The quantitative estimate of drug-likeness (QED) is 0.491. The van der Waals surface area contributed by atoms with Crippen LogP contribution >= 0.6 is 0 Å². The number of carbonyl (C=O) groups excluding carboxylic acids is 2. The van der Waals surface area contributed by atoms with E-state index in [4.69, 9.17) is 0 Å². The lowest BCUT2D eigenvalue weighted by molar-refractivity contribution is -0.127. The number of carbonyl (C=O) groups is 2. The van der Waals surface area contributed by atoms with Gasteiger partial charge in [0.05, 0.1) is 5.70 Å². The molecule has 0 radical (unpaired) electrons. The fraction of sp³-hybridized carbons (Fsp3) is 0.429. The Labute approximate surface area is 59.3 Å². The summed E-state index contributed by atoms with van der Waals surface area (Å²) < 4.78 is 0. The van der Waals surface area contributed by atoms with Crippen molar-refractivity contribution in [3.63, 3.8) is 0 Å². The van der Waals surface area contributed by atoms with Gasteiger partial charge in [-0.25, -0.2) is 0 Å². The summed E-state index contributed by atoms with van der Waals surface area (Å²) in [5.41, 5.74) is 0.507. The van der Waals surface area contributed by atoms with Crippen molar-refractivity contribution in [3.8, 4) is 0 Å². The third-order valence-electron chi connectivity index (χ3n) is 1.52. The number of aldehydes is 1. The normalized spacial score (nSPS) is 16.9. The van der Waals surface area contributed by atoms with Crippen molar-refractivity contribution in [2.45, 2.75) is 13.3 Å². The molecule has 1 rings (SSSR count). The molecular weight excluding hydrogens is 130 g/mol. The number of nitrogens with zero attached hydrogens (tertiary/aromatic N) is 1. The van der Waals surface area contributed by atoms with Crippen molar-refractivity contribution in [2.75, 3.05) is 6.54 Å². The van der Waals surface area contributed by atoms with Gasteiger partial charge in [-0.3, -0.25) is 9.59 Å². The molecule has 0 saturated heterocycles. The van der Waals surface area contributed by atoms with Crippen LogP contribution < -0.4 is 0 Å². The molecule has 3 nitrogen and oxygen atoms in total. The highest BCUT2D eigenvalue weighted by Crippen LogP contribution is 2.11. The third-order valence-corrected chi connectivity index (χ3v) is 1.52. The Morgan fingerprint density at radius 2 is 2.50 bits per heavy atom. The van der Waals surface area contributed by atoms with Gasteiger partial charge in [-0.05, 0) is 6.42 Å². The van der Waals surface area contributed by atoms with Gasteiger partial charge < -0.3 is 4.90 Å². The smallest absolute Gasteiger partial charge is 0.223 e. The van der Waals surface area contributed by atoms with Crippen LogP contribution in [0.15, 0.2) is 11.8 Å². The Balaban J connectivity index is 2.72. The first kappa shape index (κ1) is 6.99. The standard InChI is InChI=1S/C7H9NO2/c1-6(10)8-4-2-3-7(8)5-9/h3,5H,2,4H2,1H3. The van der Waals surface area contributed by atoms with E-state index in [0.29, 0.717) is 18.5 Å². The van der Waals surface area contributed by atoms with Crippen molar-refractivity contribution in [1.29, 1.82) is 0 Å². The first-order valence-electron chi connectivity index (χ1n) is 3.19. The third kappa shape index (κ3) is 1.07. The lowest BCUT2D eigenvalue weighted by atomic mass is 10.4. The van der Waals surface area contributed by atoms with Crippen molar-refractivity contribution >= 4 is 12.2 Å². The van der Waals surface area contributed by atoms with Gasteiger partial charge in [-0.15, -0.1) is 0 Å². The van der Waals surface area contributed by atoms with Gasteiger partial charge in [0.15, 0.2) is 6.29 Å². The first-order chi connectivity index (χ1) is 4.75. The van der Waals surface area contributed by atoms with Gasteiger partial charge >= 0.3 is 0 Å². The molecular formula is C7H9NO2. The van der Waals surface area contributed by atoms with Crippen molar-refractivity contribution in [3.05, 3.63) is 11.8 Å². The van der Waals surface area contributed by atoms with Crippen LogP contribution in [0.1, 0.15) is 13.3 Å². The minimum atomic E-state index is -0.0594. The highest BCUT2D eigenvalue weighted by molar-refractivity contribution is 5.85. The fourth-order valence-corrected chi connectivity index (χ4v) is 1.03. The lowest BCUT2D eigenvalue weighted by Crippen LogP contribution is -2.25. The molecule has 0 fully saturated rings. The zero-order valence-corrected chi connectivity index (χ0v) is 5.83. The Hall–Kier alpha value is -1.12. The van der Waals surface area contributed by atoms with E-state index in [-0.39, 0.29) is 5.91 Å². The summed E-state index contributed by atoms with van der Waals surface area (Å²) in [5.74, 6) is -0.0594. The minimum Gasteiger partial charge on any atom is -0.310 e. The number of hydrogen-bond donors (Lipinski definition) is 0. The largest absolute Gasteiger partial charge is 0.310 e. The van der Waals surface area contributed by atoms with E-state index < -0.39 is 0 Å². The topological polar surface area (TPSA) is 37.4 Å². The monoisotopic (exact) mass is 139 g/mol. The molecule has 1 aliphatic rings. The van der Waals surface area contributed by atoms with Crippen molar-refractivity contribution in [2.24, 2.45) is 0 Å². The van der Waals surface area contributed by atoms with Crippen LogP contribution in [0.25, 0.3) is 0 Å². The average molecular weight is 139 g/mol. The second-order valence-electron chi connectivity index (χ2n) is 2.21. The molecule has 3 heteroatoms. The highest BCUT2D eigenvalue weighted by Gasteiger charge is 2.16. The number of hydrogen-bond acceptors (Lipinski definition) is 2. The zero-order chi connectivity index (χ0) is 7.56. The molecule has 0 saturated carbocycles. The molecule has 0 N–H and O–H groups in total. The molecule has 1 aliphatic heterocycles. The molecule has 0 aromatic heterocycles. The molecule has 0 aromatic rings. The maximum atomic E-state index is 10.7. The Morgan fingerprint density at radius 1 is 1.80 bits per heavy atom. The highest BCUT2D eigenvalue weighted by atomic mass is 16.2. The van der Waals surface area contributed by atoms with Gasteiger partial charge in [-0.2, -0.15) is 0 Å². The van der Waals surface area contributed by atoms with E-state index in [1.807, 2.05) is 0 Å². The van der Waals surface area contributed by atoms with Gasteiger partial charge in [-0.1, -0.05) is 6.08 Å². The zero-order valence-electron chi connectivity index (χ0n) is 5.83. The predicted molar refractivity (Wildman–Crippen MR) is 36.2 cm³/mol. The summed E-state index contributed by atoms with van der Waals surface area (Å²) in [4.78, 5) is 22.5. The van der Waals surface area contributed by atoms with Crippen LogP contribution in [0.4, 0.5) is 0 Å².